The molecule has 3 N–H and O–H groups in total. The molecule has 3 heteroatoms. The number of aliphatic hydroxyl groups is 1. The smallest absolute Gasteiger partial charge is 0.107 e. The highest BCUT2D eigenvalue weighted by Crippen LogP contribution is 2.64. The van der Waals surface area contributed by atoms with Gasteiger partial charge in [0.15, 0.2) is 0 Å². The van der Waals surface area contributed by atoms with Gasteiger partial charge in [-0.2, -0.15) is 0 Å². The van der Waals surface area contributed by atoms with Crippen molar-refractivity contribution in [3.8, 4) is 0 Å². The van der Waals surface area contributed by atoms with E-state index in [1.807, 2.05) is 0 Å². The zero-order valence-electron chi connectivity index (χ0n) is 14.6. The molecule has 0 radical (unpaired) electrons. The van der Waals surface area contributed by atoms with Gasteiger partial charge in [-0.3, -0.25) is 4.90 Å². The monoisotopic (exact) mass is 306 g/mol. The molecule has 7 unspecified atom stereocenters. The minimum Gasteiger partial charge on any atom is -0.378 e. The lowest BCUT2D eigenvalue weighted by Gasteiger charge is -2.62. The number of hydrogen-bond donors (Lipinski definition) is 2. The van der Waals surface area contributed by atoms with Gasteiger partial charge in [-0.25, -0.2) is 0 Å². The van der Waals surface area contributed by atoms with Crippen molar-refractivity contribution >= 4 is 0 Å². The van der Waals surface area contributed by atoms with Crippen LogP contribution in [0.15, 0.2) is 0 Å². The first kappa shape index (κ1) is 15.4. The van der Waals surface area contributed by atoms with Crippen LogP contribution < -0.4 is 5.73 Å². The number of aliphatic hydroxyl groups excluding tert-OH is 1. The lowest BCUT2D eigenvalue weighted by atomic mass is 9.47. The Balaban J connectivity index is 1.64. The molecule has 3 nitrogen and oxygen atoms in total. The lowest BCUT2D eigenvalue weighted by Crippen LogP contribution is -2.62. The largest absolute Gasteiger partial charge is 0.378 e. The van der Waals surface area contributed by atoms with Crippen molar-refractivity contribution in [3.63, 3.8) is 0 Å². The molecule has 0 spiro atoms. The van der Waals surface area contributed by atoms with Crippen molar-refractivity contribution in [2.24, 2.45) is 34.3 Å². The topological polar surface area (TPSA) is 49.5 Å². The SMILES string of the molecule is CN1C(O)CCC2(C)C3CCC4(C)C(N)CCC4C3CC[C@@H]12. The average molecular weight is 306 g/mol. The second-order valence-electron chi connectivity index (χ2n) is 9.39. The summed E-state index contributed by atoms with van der Waals surface area (Å²) in [5.74, 6) is 2.60. The zero-order valence-corrected chi connectivity index (χ0v) is 14.6. The fraction of sp³-hybridized carbons (Fsp3) is 1.00. The molecule has 22 heavy (non-hydrogen) atoms. The van der Waals surface area contributed by atoms with E-state index >= 15 is 0 Å². The van der Waals surface area contributed by atoms with E-state index in [2.05, 4.69) is 25.8 Å². The summed E-state index contributed by atoms with van der Waals surface area (Å²) in [6.45, 7) is 5.02. The van der Waals surface area contributed by atoms with Gasteiger partial charge in [-0.05, 0) is 87.0 Å². The molecule has 4 fully saturated rings. The fourth-order valence-corrected chi connectivity index (χ4v) is 7.35. The van der Waals surface area contributed by atoms with Crippen LogP contribution in [0.3, 0.4) is 0 Å². The molecule has 0 aromatic carbocycles. The van der Waals surface area contributed by atoms with Crippen LogP contribution in [0.1, 0.15) is 65.2 Å². The van der Waals surface area contributed by atoms with Crippen LogP contribution in [0, 0.1) is 28.6 Å². The Morgan fingerprint density at radius 2 is 1.59 bits per heavy atom. The van der Waals surface area contributed by atoms with E-state index in [1.54, 1.807) is 0 Å². The normalized spacial score (nSPS) is 58.8. The van der Waals surface area contributed by atoms with Crippen LogP contribution in [0.2, 0.25) is 0 Å². The maximum absolute atomic E-state index is 10.3. The number of rotatable bonds is 0. The minimum atomic E-state index is -0.219. The molecule has 0 bridgehead atoms. The van der Waals surface area contributed by atoms with Crippen LogP contribution in [0.25, 0.3) is 0 Å². The molecule has 1 aliphatic heterocycles. The Hall–Kier alpha value is -0.120. The van der Waals surface area contributed by atoms with Crippen molar-refractivity contribution in [3.05, 3.63) is 0 Å². The van der Waals surface area contributed by atoms with Crippen molar-refractivity contribution in [1.82, 2.24) is 4.90 Å². The first-order valence-electron chi connectivity index (χ1n) is 9.53. The summed E-state index contributed by atoms with van der Waals surface area (Å²) in [6, 6.07) is 1.01. The lowest BCUT2D eigenvalue weighted by molar-refractivity contribution is -0.166. The number of nitrogens with zero attached hydrogens (tertiary/aromatic N) is 1. The third kappa shape index (κ3) is 1.85. The summed E-state index contributed by atoms with van der Waals surface area (Å²) >= 11 is 0. The van der Waals surface area contributed by atoms with E-state index < -0.39 is 0 Å². The summed E-state index contributed by atoms with van der Waals surface area (Å²) in [6.07, 6.45) is 9.86. The van der Waals surface area contributed by atoms with Gasteiger partial charge in [0.1, 0.15) is 6.23 Å². The van der Waals surface area contributed by atoms with Crippen LogP contribution in [-0.4, -0.2) is 35.4 Å². The van der Waals surface area contributed by atoms with Crippen molar-refractivity contribution in [2.75, 3.05) is 7.05 Å². The van der Waals surface area contributed by atoms with Gasteiger partial charge in [0.25, 0.3) is 0 Å². The molecule has 3 saturated carbocycles. The number of piperidine rings is 1. The predicted molar refractivity (Wildman–Crippen MR) is 89.2 cm³/mol. The second kappa shape index (κ2) is 4.94. The van der Waals surface area contributed by atoms with Crippen molar-refractivity contribution in [1.29, 1.82) is 0 Å². The van der Waals surface area contributed by atoms with Gasteiger partial charge >= 0.3 is 0 Å². The molecule has 1 heterocycles. The molecule has 0 amide bonds. The maximum Gasteiger partial charge on any atom is 0.107 e. The van der Waals surface area contributed by atoms with Crippen LogP contribution >= 0.6 is 0 Å². The number of hydrogen-bond acceptors (Lipinski definition) is 3. The Bertz CT molecular complexity index is 455. The molecule has 0 aromatic rings. The average Bonchev–Trinajstić information content (AvgIpc) is 2.79. The highest BCUT2D eigenvalue weighted by Gasteiger charge is 2.60. The Morgan fingerprint density at radius 1 is 0.909 bits per heavy atom. The fourth-order valence-electron chi connectivity index (χ4n) is 7.35. The highest BCUT2D eigenvalue weighted by atomic mass is 16.3. The predicted octanol–water partition coefficient (Wildman–Crippen LogP) is 2.97. The minimum absolute atomic E-state index is 0.219. The van der Waals surface area contributed by atoms with E-state index in [0.717, 1.165) is 24.2 Å². The van der Waals surface area contributed by atoms with Gasteiger partial charge in [-0.15, -0.1) is 0 Å². The first-order chi connectivity index (χ1) is 10.4. The summed E-state index contributed by atoms with van der Waals surface area (Å²) < 4.78 is 0. The second-order valence-corrected chi connectivity index (χ2v) is 9.39. The zero-order chi connectivity index (χ0) is 15.7. The Labute approximate surface area is 135 Å². The first-order valence-corrected chi connectivity index (χ1v) is 9.53. The van der Waals surface area contributed by atoms with E-state index in [9.17, 15) is 5.11 Å². The third-order valence-electron chi connectivity index (χ3n) is 8.80. The summed E-state index contributed by atoms with van der Waals surface area (Å²) in [5.41, 5.74) is 7.32. The van der Waals surface area contributed by atoms with E-state index in [-0.39, 0.29) is 6.23 Å². The standard InChI is InChI=1S/C19H34N2O/c1-18-10-8-14-12(13(18)5-6-15(18)20)4-7-16-19(14,2)11-9-17(22)21(16)3/h12-17,22H,4-11,20H2,1-3H3/t12?,13?,14?,15?,16-,17?,18?,19?/m1/s1. The molecule has 4 aliphatic rings. The summed E-state index contributed by atoms with van der Waals surface area (Å²) in [7, 11) is 2.14. The van der Waals surface area contributed by atoms with Crippen LogP contribution in [-0.2, 0) is 0 Å². The number of nitrogens with two attached hydrogens (primary N) is 1. The molecule has 4 rings (SSSR count). The maximum atomic E-state index is 10.3. The Morgan fingerprint density at radius 3 is 2.36 bits per heavy atom. The van der Waals surface area contributed by atoms with E-state index in [0.29, 0.717) is 22.9 Å². The molecular weight excluding hydrogens is 272 g/mol. The van der Waals surface area contributed by atoms with Crippen LogP contribution in [0.5, 0.6) is 0 Å². The van der Waals surface area contributed by atoms with E-state index in [4.69, 9.17) is 5.73 Å². The molecule has 1 saturated heterocycles. The molecular formula is C19H34N2O. The molecule has 3 aliphatic carbocycles. The molecule has 0 aromatic heterocycles. The summed E-state index contributed by atoms with van der Waals surface area (Å²) in [5, 5.41) is 10.3. The third-order valence-corrected chi connectivity index (χ3v) is 8.80. The van der Waals surface area contributed by atoms with Gasteiger partial charge in [0, 0.05) is 12.1 Å². The van der Waals surface area contributed by atoms with Crippen molar-refractivity contribution in [2.45, 2.75) is 83.5 Å². The highest BCUT2D eigenvalue weighted by molar-refractivity contribution is 5.11. The van der Waals surface area contributed by atoms with Crippen molar-refractivity contribution < 1.29 is 5.11 Å². The van der Waals surface area contributed by atoms with Gasteiger partial charge in [0.2, 0.25) is 0 Å². The molecule has 126 valence electrons. The molecule has 8 atom stereocenters. The van der Waals surface area contributed by atoms with Gasteiger partial charge < -0.3 is 10.8 Å². The van der Waals surface area contributed by atoms with E-state index in [1.165, 1.54) is 44.9 Å². The Kier molecular flexibility index (Phi) is 3.46. The van der Waals surface area contributed by atoms with Gasteiger partial charge in [-0.1, -0.05) is 13.8 Å². The number of fused-ring (bicyclic) bond motifs is 5. The van der Waals surface area contributed by atoms with Gasteiger partial charge in [0.05, 0.1) is 0 Å². The number of likely N-dealkylation sites (tertiary alicyclic amines) is 1. The quantitative estimate of drug-likeness (QED) is 0.723. The van der Waals surface area contributed by atoms with Crippen LogP contribution in [0.4, 0.5) is 0 Å². The summed E-state index contributed by atoms with van der Waals surface area (Å²) in [4.78, 5) is 2.29.